The van der Waals surface area contributed by atoms with Gasteiger partial charge in [-0.2, -0.15) is 5.26 Å². The molecule has 3 nitrogen and oxygen atoms in total. The third kappa shape index (κ3) is 1.93. The number of nitriles is 1. The molecule has 88 valence electrons. The second-order valence-corrected chi connectivity index (χ2v) is 4.46. The van der Waals surface area contributed by atoms with Crippen molar-refractivity contribution < 1.29 is 0 Å². The first kappa shape index (κ1) is 10.8. The molecule has 0 unspecified atom stereocenters. The highest BCUT2D eigenvalue weighted by Crippen LogP contribution is 2.22. The number of hydrogen-bond acceptors (Lipinski definition) is 3. The molecule has 18 heavy (non-hydrogen) atoms. The van der Waals surface area contributed by atoms with Gasteiger partial charge in [0.1, 0.15) is 11.9 Å². The molecule has 0 amide bonds. The second kappa shape index (κ2) is 4.50. The van der Waals surface area contributed by atoms with Crippen LogP contribution in [-0.4, -0.2) is 11.5 Å². The Balaban J connectivity index is 1.85. The number of hydrogen-bond donors (Lipinski definition) is 0. The first-order valence-corrected chi connectivity index (χ1v) is 6.05. The summed E-state index contributed by atoms with van der Waals surface area (Å²) in [6.45, 7) is 1.88. The van der Waals surface area contributed by atoms with E-state index in [1.807, 2.05) is 12.1 Å². The molecule has 0 saturated heterocycles. The van der Waals surface area contributed by atoms with E-state index in [2.05, 4.69) is 40.2 Å². The zero-order valence-electron chi connectivity index (χ0n) is 10.0. The van der Waals surface area contributed by atoms with Gasteiger partial charge in [0.25, 0.3) is 0 Å². The summed E-state index contributed by atoms with van der Waals surface area (Å²) in [7, 11) is 0. The number of benzene rings is 1. The van der Waals surface area contributed by atoms with Crippen LogP contribution in [-0.2, 0) is 13.0 Å². The summed E-state index contributed by atoms with van der Waals surface area (Å²) in [6.07, 6.45) is 2.69. The normalized spacial score (nSPS) is 13.8. The van der Waals surface area contributed by atoms with Crippen LogP contribution in [0, 0.1) is 11.3 Å². The van der Waals surface area contributed by atoms with Crippen LogP contribution >= 0.6 is 0 Å². The molecule has 0 fully saturated rings. The van der Waals surface area contributed by atoms with Crippen molar-refractivity contribution in [2.75, 3.05) is 11.4 Å². The van der Waals surface area contributed by atoms with Gasteiger partial charge in [-0.25, -0.2) is 4.98 Å². The van der Waals surface area contributed by atoms with E-state index in [0.717, 1.165) is 25.3 Å². The Morgan fingerprint density at radius 3 is 2.67 bits per heavy atom. The van der Waals surface area contributed by atoms with Gasteiger partial charge in [0, 0.05) is 19.3 Å². The van der Waals surface area contributed by atoms with Gasteiger partial charge < -0.3 is 4.90 Å². The highest BCUT2D eigenvalue weighted by molar-refractivity contribution is 5.45. The minimum atomic E-state index is 0.608. The number of anilines is 1. The fourth-order valence-electron chi connectivity index (χ4n) is 2.33. The maximum Gasteiger partial charge on any atom is 0.128 e. The van der Waals surface area contributed by atoms with Crippen molar-refractivity contribution in [3.8, 4) is 6.07 Å². The predicted octanol–water partition coefficient (Wildman–Crippen LogP) is 2.52. The molecule has 0 aliphatic carbocycles. The molecule has 0 saturated carbocycles. The van der Waals surface area contributed by atoms with Gasteiger partial charge >= 0.3 is 0 Å². The van der Waals surface area contributed by atoms with Crippen LogP contribution in [0.5, 0.6) is 0 Å². The molecular weight excluding hydrogens is 222 g/mol. The summed E-state index contributed by atoms with van der Waals surface area (Å²) in [5.74, 6) is 0.948. The Kier molecular flexibility index (Phi) is 2.70. The molecule has 0 spiro atoms. The van der Waals surface area contributed by atoms with E-state index in [0.29, 0.717) is 5.56 Å². The standard InChI is InChI=1S/C15H13N3/c16-9-12-5-6-15(17-10-12)18-8-7-13-3-1-2-4-14(13)11-18/h1-6,10H,7-8,11H2. The summed E-state index contributed by atoms with van der Waals surface area (Å²) in [5.41, 5.74) is 3.41. The third-order valence-electron chi connectivity index (χ3n) is 3.33. The maximum absolute atomic E-state index is 8.77. The van der Waals surface area contributed by atoms with Crippen LogP contribution in [0.4, 0.5) is 5.82 Å². The Morgan fingerprint density at radius 2 is 1.94 bits per heavy atom. The van der Waals surface area contributed by atoms with E-state index < -0.39 is 0 Å². The number of nitrogens with zero attached hydrogens (tertiary/aromatic N) is 3. The lowest BCUT2D eigenvalue weighted by Gasteiger charge is -2.29. The number of pyridine rings is 1. The Morgan fingerprint density at radius 1 is 1.11 bits per heavy atom. The van der Waals surface area contributed by atoms with Crippen LogP contribution in [0.25, 0.3) is 0 Å². The SMILES string of the molecule is N#Cc1ccc(N2CCc3ccccc3C2)nc1. The van der Waals surface area contributed by atoms with Crippen molar-refractivity contribution in [3.63, 3.8) is 0 Å². The maximum atomic E-state index is 8.77. The molecule has 0 radical (unpaired) electrons. The molecule has 2 heterocycles. The molecule has 3 heteroatoms. The number of rotatable bonds is 1. The lowest BCUT2D eigenvalue weighted by molar-refractivity contribution is 0.721. The van der Waals surface area contributed by atoms with Crippen LogP contribution in [0.3, 0.4) is 0 Å². The van der Waals surface area contributed by atoms with Crippen LogP contribution in [0.15, 0.2) is 42.6 Å². The van der Waals surface area contributed by atoms with E-state index >= 15 is 0 Å². The Labute approximate surface area is 106 Å². The average molecular weight is 235 g/mol. The van der Waals surface area contributed by atoms with E-state index in [-0.39, 0.29) is 0 Å². The monoisotopic (exact) mass is 235 g/mol. The van der Waals surface area contributed by atoms with E-state index in [9.17, 15) is 0 Å². The van der Waals surface area contributed by atoms with Gasteiger partial charge in [-0.1, -0.05) is 24.3 Å². The van der Waals surface area contributed by atoms with Crippen molar-refractivity contribution in [2.24, 2.45) is 0 Å². The van der Waals surface area contributed by atoms with E-state index in [1.54, 1.807) is 6.20 Å². The number of fused-ring (bicyclic) bond motifs is 1. The molecule has 0 atom stereocenters. The van der Waals surface area contributed by atoms with Crippen molar-refractivity contribution in [2.45, 2.75) is 13.0 Å². The van der Waals surface area contributed by atoms with Gasteiger partial charge in [0.05, 0.1) is 5.56 Å². The first-order chi connectivity index (χ1) is 8.86. The van der Waals surface area contributed by atoms with E-state index in [4.69, 9.17) is 5.26 Å². The lowest BCUT2D eigenvalue weighted by Crippen LogP contribution is -2.30. The highest BCUT2D eigenvalue weighted by atomic mass is 15.2. The van der Waals surface area contributed by atoms with Crippen molar-refractivity contribution >= 4 is 5.82 Å². The van der Waals surface area contributed by atoms with Gasteiger partial charge in [-0.15, -0.1) is 0 Å². The minimum absolute atomic E-state index is 0.608. The summed E-state index contributed by atoms with van der Waals surface area (Å²) >= 11 is 0. The fraction of sp³-hybridized carbons (Fsp3) is 0.200. The molecule has 0 bridgehead atoms. The topological polar surface area (TPSA) is 39.9 Å². The van der Waals surface area contributed by atoms with Gasteiger partial charge in [-0.05, 0) is 29.7 Å². The van der Waals surface area contributed by atoms with Crippen LogP contribution in [0.1, 0.15) is 16.7 Å². The minimum Gasteiger partial charge on any atom is -0.352 e. The molecule has 1 aromatic carbocycles. The zero-order chi connectivity index (χ0) is 12.4. The van der Waals surface area contributed by atoms with Crippen LogP contribution < -0.4 is 4.90 Å². The molecule has 3 rings (SSSR count). The zero-order valence-corrected chi connectivity index (χ0v) is 10.0. The Hall–Kier alpha value is -2.34. The largest absolute Gasteiger partial charge is 0.352 e. The van der Waals surface area contributed by atoms with Gasteiger partial charge in [0.15, 0.2) is 0 Å². The van der Waals surface area contributed by atoms with Crippen molar-refractivity contribution in [3.05, 3.63) is 59.3 Å². The lowest BCUT2D eigenvalue weighted by atomic mass is 10.00. The first-order valence-electron chi connectivity index (χ1n) is 6.05. The summed E-state index contributed by atoms with van der Waals surface area (Å²) < 4.78 is 0. The van der Waals surface area contributed by atoms with Crippen molar-refractivity contribution in [1.29, 1.82) is 5.26 Å². The van der Waals surface area contributed by atoms with Gasteiger partial charge in [0.2, 0.25) is 0 Å². The molecule has 1 aliphatic rings. The molecular formula is C15H13N3. The summed E-state index contributed by atoms with van der Waals surface area (Å²) in [6, 6.07) is 14.4. The third-order valence-corrected chi connectivity index (χ3v) is 3.33. The Bertz CT molecular complexity index is 596. The number of aromatic nitrogens is 1. The molecule has 2 aromatic rings. The van der Waals surface area contributed by atoms with Crippen molar-refractivity contribution in [1.82, 2.24) is 4.98 Å². The van der Waals surface area contributed by atoms with E-state index in [1.165, 1.54) is 11.1 Å². The smallest absolute Gasteiger partial charge is 0.128 e. The fourth-order valence-corrected chi connectivity index (χ4v) is 2.33. The quantitative estimate of drug-likeness (QED) is 0.762. The molecule has 1 aliphatic heterocycles. The predicted molar refractivity (Wildman–Crippen MR) is 70.1 cm³/mol. The van der Waals surface area contributed by atoms with Gasteiger partial charge in [-0.3, -0.25) is 0 Å². The van der Waals surface area contributed by atoms with Crippen LogP contribution in [0.2, 0.25) is 0 Å². The highest BCUT2D eigenvalue weighted by Gasteiger charge is 2.16. The summed E-state index contributed by atoms with van der Waals surface area (Å²) in [5, 5.41) is 8.77. The second-order valence-electron chi connectivity index (χ2n) is 4.46. The molecule has 1 aromatic heterocycles. The average Bonchev–Trinajstić information content (AvgIpc) is 2.47. The molecule has 0 N–H and O–H groups in total. The summed E-state index contributed by atoms with van der Waals surface area (Å²) in [4.78, 5) is 6.60.